The fourth-order valence-electron chi connectivity index (χ4n) is 9.16. The number of aliphatic hydroxyl groups excluding tert-OH is 1. The van der Waals surface area contributed by atoms with Crippen LogP contribution in [0.1, 0.15) is 70.9 Å². The molecule has 2 aromatic heterocycles. The number of aryl methyl sites for hydroxylation is 1. The molecule has 0 unspecified atom stereocenters. The van der Waals surface area contributed by atoms with Crippen molar-refractivity contribution in [1.29, 1.82) is 0 Å². The van der Waals surface area contributed by atoms with Crippen molar-refractivity contribution in [2.24, 2.45) is 34.0 Å². The molecular weight excluding hydrogens is 598 g/mol. The van der Waals surface area contributed by atoms with Crippen molar-refractivity contribution in [1.82, 2.24) is 24.5 Å². The molecule has 3 aromatic rings. The van der Waals surface area contributed by atoms with Crippen molar-refractivity contribution in [3.05, 3.63) is 81.3 Å². The summed E-state index contributed by atoms with van der Waals surface area (Å²) in [5.74, 6) is -0.567. The standard InChI is InChI=1S/C36H45N5O6/c1-7-34(5)16-28(35(6)22(3)12-14-36(23(4)31(34)44)15-13-27(42)30(35)36)47-29(43)20-41-19-26(38-39-41)25-11-9-8-10-24(25)18-40-17-21(2)32(45)37-33(40)46/h7-11,17,19,22-23,28,30-31,44H,1,12-16,18,20H2,2-6H3,(H,37,45,46)/t22-,23+,28-,30+,31+,34-,35+,36+/m1/s1. The Morgan fingerprint density at radius 3 is 2.66 bits per heavy atom. The van der Waals surface area contributed by atoms with Gasteiger partial charge in [-0.25, -0.2) is 9.48 Å². The maximum atomic E-state index is 13.7. The predicted molar refractivity (Wildman–Crippen MR) is 175 cm³/mol. The highest BCUT2D eigenvalue weighted by atomic mass is 16.5. The minimum absolute atomic E-state index is 0.103. The molecule has 3 fully saturated rings. The van der Waals surface area contributed by atoms with Crippen molar-refractivity contribution in [3.63, 3.8) is 0 Å². The van der Waals surface area contributed by atoms with Crippen LogP contribution >= 0.6 is 0 Å². The van der Waals surface area contributed by atoms with Gasteiger partial charge in [0.25, 0.3) is 5.56 Å². The molecule has 2 N–H and O–H groups in total. The number of benzene rings is 1. The number of carbonyl (C=O) groups is 2. The van der Waals surface area contributed by atoms with Crippen LogP contribution in [0, 0.1) is 40.9 Å². The lowest BCUT2D eigenvalue weighted by Crippen LogP contribution is -2.63. The Morgan fingerprint density at radius 1 is 1.17 bits per heavy atom. The van der Waals surface area contributed by atoms with E-state index in [1.54, 1.807) is 19.2 Å². The maximum Gasteiger partial charge on any atom is 0.328 e. The number of hydrogen-bond donors (Lipinski definition) is 2. The third-order valence-corrected chi connectivity index (χ3v) is 12.2. The molecule has 3 aliphatic rings. The van der Waals surface area contributed by atoms with Crippen LogP contribution in [-0.4, -0.2) is 53.6 Å². The van der Waals surface area contributed by atoms with Gasteiger partial charge in [0, 0.05) is 40.5 Å². The Balaban J connectivity index is 1.27. The molecular formula is C36H45N5O6. The summed E-state index contributed by atoms with van der Waals surface area (Å²) < 4.78 is 9.22. The number of carbonyl (C=O) groups excluding carboxylic acids is 2. The minimum atomic E-state index is -0.735. The third-order valence-electron chi connectivity index (χ3n) is 12.2. The fourth-order valence-corrected chi connectivity index (χ4v) is 9.16. The molecule has 2 heterocycles. The second kappa shape index (κ2) is 11.8. The molecule has 11 heteroatoms. The van der Waals surface area contributed by atoms with Crippen LogP contribution in [-0.2, 0) is 27.4 Å². The summed E-state index contributed by atoms with van der Waals surface area (Å²) in [7, 11) is 0. The molecule has 0 radical (unpaired) electrons. The summed E-state index contributed by atoms with van der Waals surface area (Å²) in [4.78, 5) is 54.0. The normalized spacial score (nSPS) is 33.5. The lowest BCUT2D eigenvalue weighted by Gasteiger charge is -2.61. The average molecular weight is 644 g/mol. The summed E-state index contributed by atoms with van der Waals surface area (Å²) in [6, 6.07) is 7.43. The molecule has 8 atom stereocenters. The van der Waals surface area contributed by atoms with Crippen LogP contribution in [0.2, 0.25) is 0 Å². The van der Waals surface area contributed by atoms with E-state index in [4.69, 9.17) is 4.74 Å². The fraction of sp³-hybridized carbons (Fsp3) is 0.556. The summed E-state index contributed by atoms with van der Waals surface area (Å²) in [6.07, 6.45) is 6.96. The number of aliphatic hydroxyl groups is 1. The number of H-pyrrole nitrogens is 1. The van der Waals surface area contributed by atoms with Gasteiger partial charge in [0.2, 0.25) is 0 Å². The highest BCUT2D eigenvalue weighted by Crippen LogP contribution is 2.68. The Morgan fingerprint density at radius 2 is 1.91 bits per heavy atom. The van der Waals surface area contributed by atoms with Gasteiger partial charge in [-0.1, -0.05) is 63.2 Å². The number of aromatic nitrogens is 5. The van der Waals surface area contributed by atoms with E-state index in [1.807, 2.05) is 31.2 Å². The van der Waals surface area contributed by atoms with Crippen LogP contribution in [0.5, 0.6) is 0 Å². The lowest BCUT2D eigenvalue weighted by molar-refractivity contribution is -0.207. The number of aromatic amines is 1. The molecule has 3 aliphatic carbocycles. The molecule has 11 nitrogen and oxygen atoms in total. The summed E-state index contributed by atoms with van der Waals surface area (Å²) in [6.45, 7) is 14.1. The quantitative estimate of drug-likeness (QED) is 0.289. The number of esters is 1. The second-order valence-corrected chi connectivity index (χ2v) is 14.7. The van der Waals surface area contributed by atoms with Gasteiger partial charge in [0.1, 0.15) is 24.1 Å². The van der Waals surface area contributed by atoms with Crippen molar-refractivity contribution in [2.45, 2.75) is 92.0 Å². The molecule has 6 rings (SSSR count). The van der Waals surface area contributed by atoms with Crippen LogP contribution in [0.25, 0.3) is 11.3 Å². The van der Waals surface area contributed by atoms with Gasteiger partial charge in [0.05, 0.1) is 18.8 Å². The first-order chi connectivity index (χ1) is 22.2. The molecule has 3 saturated carbocycles. The van der Waals surface area contributed by atoms with Gasteiger partial charge in [0.15, 0.2) is 0 Å². The highest BCUT2D eigenvalue weighted by Gasteiger charge is 2.68. The Bertz CT molecular complexity index is 1840. The highest BCUT2D eigenvalue weighted by molar-refractivity contribution is 5.85. The van der Waals surface area contributed by atoms with Crippen molar-refractivity contribution in [2.75, 3.05) is 0 Å². The third kappa shape index (κ3) is 5.32. The first kappa shape index (κ1) is 32.8. The lowest BCUT2D eigenvalue weighted by atomic mass is 9.44. The van der Waals surface area contributed by atoms with Gasteiger partial charge >= 0.3 is 11.7 Å². The zero-order valence-electron chi connectivity index (χ0n) is 27.9. The van der Waals surface area contributed by atoms with Gasteiger partial charge in [-0.05, 0) is 55.4 Å². The van der Waals surface area contributed by atoms with Gasteiger partial charge < -0.3 is 9.84 Å². The van der Waals surface area contributed by atoms with Gasteiger partial charge in [-0.2, -0.15) is 0 Å². The van der Waals surface area contributed by atoms with Crippen LogP contribution < -0.4 is 11.2 Å². The first-order valence-electron chi connectivity index (χ1n) is 16.6. The number of ether oxygens (including phenoxy) is 1. The summed E-state index contributed by atoms with van der Waals surface area (Å²) in [5.41, 5.74) is -0.157. The predicted octanol–water partition coefficient (Wildman–Crippen LogP) is 4.06. The van der Waals surface area contributed by atoms with E-state index in [2.05, 4.69) is 42.6 Å². The molecule has 2 bridgehead atoms. The van der Waals surface area contributed by atoms with E-state index in [0.29, 0.717) is 24.1 Å². The minimum Gasteiger partial charge on any atom is -0.460 e. The summed E-state index contributed by atoms with van der Waals surface area (Å²) >= 11 is 0. The number of Topliss-reactive ketones (excluding diaryl/α,β-unsaturated/α-hetero) is 1. The number of nitrogens with one attached hydrogen (secondary N) is 1. The van der Waals surface area contributed by atoms with E-state index in [9.17, 15) is 24.3 Å². The van der Waals surface area contributed by atoms with E-state index >= 15 is 0 Å². The smallest absolute Gasteiger partial charge is 0.328 e. The van der Waals surface area contributed by atoms with Crippen LogP contribution in [0.4, 0.5) is 0 Å². The zero-order chi connectivity index (χ0) is 33.9. The molecule has 1 aromatic carbocycles. The maximum absolute atomic E-state index is 13.7. The van der Waals surface area contributed by atoms with Crippen LogP contribution in [0.3, 0.4) is 0 Å². The molecule has 250 valence electrons. The topological polar surface area (TPSA) is 149 Å². The molecule has 0 aliphatic heterocycles. The van der Waals surface area contributed by atoms with E-state index < -0.39 is 40.3 Å². The number of ketones is 1. The molecule has 0 saturated heterocycles. The molecule has 47 heavy (non-hydrogen) atoms. The summed E-state index contributed by atoms with van der Waals surface area (Å²) in [5, 5.41) is 20.3. The van der Waals surface area contributed by atoms with E-state index in [0.717, 1.165) is 30.4 Å². The second-order valence-electron chi connectivity index (χ2n) is 14.7. The largest absolute Gasteiger partial charge is 0.460 e. The van der Waals surface area contributed by atoms with Crippen molar-refractivity contribution < 1.29 is 19.4 Å². The number of hydrogen-bond acceptors (Lipinski definition) is 8. The monoisotopic (exact) mass is 643 g/mol. The first-order valence-corrected chi connectivity index (χ1v) is 16.6. The molecule has 0 spiro atoms. The average Bonchev–Trinajstić information content (AvgIpc) is 3.65. The molecule has 0 amide bonds. The number of nitrogens with zero attached hydrogens (tertiary/aromatic N) is 4. The van der Waals surface area contributed by atoms with Crippen molar-refractivity contribution in [3.8, 4) is 11.3 Å². The number of rotatable bonds is 7. The zero-order valence-corrected chi connectivity index (χ0v) is 27.9. The van der Waals surface area contributed by atoms with Gasteiger partial charge in [-0.15, -0.1) is 11.7 Å². The Labute approximate surface area is 274 Å². The van der Waals surface area contributed by atoms with E-state index in [1.165, 1.54) is 15.4 Å². The SMILES string of the molecule is C=C[C@]1(C)C[C@@H](OC(=O)Cn2cc(-c3ccccc3Cn3cc(C)c(=O)[nH]c3=O)nn2)[C@]2(C)[C@H](C)CC[C@]3(CCC(=O)[C@H]32)[C@@H](C)[C@@H]1O. The van der Waals surface area contributed by atoms with Crippen LogP contribution in [0.15, 0.2) is 58.9 Å². The van der Waals surface area contributed by atoms with Gasteiger partial charge in [-0.3, -0.25) is 23.9 Å². The Kier molecular flexibility index (Phi) is 8.27. The van der Waals surface area contributed by atoms with E-state index in [-0.39, 0.29) is 42.0 Å². The Hall–Kier alpha value is -4.12. The van der Waals surface area contributed by atoms with Crippen molar-refractivity contribution >= 4 is 11.8 Å².